The summed E-state index contributed by atoms with van der Waals surface area (Å²) >= 11 is 5.84. The van der Waals surface area contributed by atoms with E-state index in [1.807, 2.05) is 55.5 Å². The van der Waals surface area contributed by atoms with Gasteiger partial charge in [-0.15, -0.1) is 0 Å². The Balaban J connectivity index is 1.96. The van der Waals surface area contributed by atoms with Gasteiger partial charge < -0.3 is 5.32 Å². The van der Waals surface area contributed by atoms with Crippen molar-refractivity contribution in [1.82, 2.24) is 0 Å². The van der Waals surface area contributed by atoms with Gasteiger partial charge in [0.25, 0.3) is 0 Å². The van der Waals surface area contributed by atoms with E-state index in [0.29, 0.717) is 6.42 Å². The Morgan fingerprint density at radius 2 is 1.68 bits per heavy atom. The van der Waals surface area contributed by atoms with Gasteiger partial charge in [-0.2, -0.15) is 0 Å². The normalized spacial score (nSPS) is 10.2. The van der Waals surface area contributed by atoms with E-state index >= 15 is 0 Å². The summed E-state index contributed by atoms with van der Waals surface area (Å²) in [6.45, 7) is 2.60. The van der Waals surface area contributed by atoms with Gasteiger partial charge in [-0.05, 0) is 42.0 Å². The molecule has 0 atom stereocenters. The van der Waals surface area contributed by atoms with Crippen LogP contribution in [0.25, 0.3) is 0 Å². The minimum absolute atomic E-state index is 0.171. The number of Topliss-reactive ketones (excluding diaryl/α,β-unsaturated/α-hetero) is 1. The summed E-state index contributed by atoms with van der Waals surface area (Å²) in [6.07, 6.45) is 0.539. The quantitative estimate of drug-likeness (QED) is 0.810. The van der Waals surface area contributed by atoms with E-state index in [2.05, 4.69) is 5.32 Å². The van der Waals surface area contributed by atoms with Crippen molar-refractivity contribution in [2.24, 2.45) is 0 Å². The van der Waals surface area contributed by atoms with E-state index in [0.717, 1.165) is 28.4 Å². The molecule has 98 valence electrons. The smallest absolute Gasteiger partial charge is 0.162 e. The SMILES string of the molecule is CCC(=O)c1ccc(NCc2ccc(Cl)cc2)cc1. The lowest BCUT2D eigenvalue weighted by atomic mass is 10.1. The first-order chi connectivity index (χ1) is 9.19. The van der Waals surface area contributed by atoms with Crippen LogP contribution in [0.1, 0.15) is 29.3 Å². The number of hydrogen-bond donors (Lipinski definition) is 1. The zero-order valence-electron chi connectivity index (χ0n) is 10.8. The van der Waals surface area contributed by atoms with Crippen LogP contribution in [0.3, 0.4) is 0 Å². The van der Waals surface area contributed by atoms with Crippen molar-refractivity contribution in [2.75, 3.05) is 5.32 Å². The van der Waals surface area contributed by atoms with Crippen LogP contribution in [0.4, 0.5) is 5.69 Å². The number of ketones is 1. The zero-order chi connectivity index (χ0) is 13.7. The van der Waals surface area contributed by atoms with E-state index in [4.69, 9.17) is 11.6 Å². The molecule has 0 unspecified atom stereocenters. The van der Waals surface area contributed by atoms with Gasteiger partial charge >= 0.3 is 0 Å². The molecule has 0 radical (unpaired) electrons. The van der Waals surface area contributed by atoms with Gasteiger partial charge in [0.2, 0.25) is 0 Å². The van der Waals surface area contributed by atoms with Crippen molar-refractivity contribution in [1.29, 1.82) is 0 Å². The fourth-order valence-corrected chi connectivity index (χ4v) is 1.91. The fraction of sp³-hybridized carbons (Fsp3) is 0.188. The number of nitrogens with one attached hydrogen (secondary N) is 1. The third-order valence-electron chi connectivity index (χ3n) is 2.94. The van der Waals surface area contributed by atoms with Crippen molar-refractivity contribution in [3.8, 4) is 0 Å². The molecule has 0 heterocycles. The minimum Gasteiger partial charge on any atom is -0.381 e. The summed E-state index contributed by atoms with van der Waals surface area (Å²) < 4.78 is 0. The first-order valence-corrected chi connectivity index (χ1v) is 6.68. The third-order valence-corrected chi connectivity index (χ3v) is 3.19. The predicted molar refractivity (Wildman–Crippen MR) is 79.8 cm³/mol. The van der Waals surface area contributed by atoms with E-state index in [9.17, 15) is 4.79 Å². The van der Waals surface area contributed by atoms with Crippen molar-refractivity contribution in [2.45, 2.75) is 19.9 Å². The molecular weight excluding hydrogens is 258 g/mol. The van der Waals surface area contributed by atoms with Crippen LogP contribution in [-0.2, 0) is 6.54 Å². The molecule has 0 bridgehead atoms. The Hall–Kier alpha value is -1.80. The van der Waals surface area contributed by atoms with Gasteiger partial charge in [0.15, 0.2) is 5.78 Å². The number of hydrogen-bond acceptors (Lipinski definition) is 2. The van der Waals surface area contributed by atoms with E-state index in [1.165, 1.54) is 0 Å². The van der Waals surface area contributed by atoms with Crippen molar-refractivity contribution < 1.29 is 4.79 Å². The summed E-state index contributed by atoms with van der Waals surface area (Å²) in [5.41, 5.74) is 2.93. The van der Waals surface area contributed by atoms with Crippen LogP contribution in [0.2, 0.25) is 5.02 Å². The molecule has 0 amide bonds. The molecule has 0 aromatic heterocycles. The number of rotatable bonds is 5. The number of carbonyl (C=O) groups is 1. The van der Waals surface area contributed by atoms with Gasteiger partial charge in [0.05, 0.1) is 0 Å². The molecule has 2 aromatic rings. The first kappa shape index (κ1) is 13.6. The van der Waals surface area contributed by atoms with Crippen molar-refractivity contribution in [3.63, 3.8) is 0 Å². The summed E-state index contributed by atoms with van der Waals surface area (Å²) in [5, 5.41) is 4.05. The molecule has 1 N–H and O–H groups in total. The number of anilines is 1. The van der Waals surface area contributed by atoms with E-state index in [1.54, 1.807) is 0 Å². The molecule has 0 aliphatic heterocycles. The molecule has 2 nitrogen and oxygen atoms in total. The van der Waals surface area contributed by atoms with Gasteiger partial charge in [-0.1, -0.05) is 30.7 Å². The highest BCUT2D eigenvalue weighted by molar-refractivity contribution is 6.30. The summed E-state index contributed by atoms with van der Waals surface area (Å²) in [4.78, 5) is 11.5. The Kier molecular flexibility index (Phi) is 4.58. The van der Waals surface area contributed by atoms with Crippen molar-refractivity contribution >= 4 is 23.1 Å². The molecule has 0 spiro atoms. The fourth-order valence-electron chi connectivity index (χ4n) is 1.78. The van der Waals surface area contributed by atoms with Crippen LogP contribution in [0, 0.1) is 0 Å². The summed E-state index contributed by atoms with van der Waals surface area (Å²) in [5.74, 6) is 0.171. The van der Waals surface area contributed by atoms with Gasteiger partial charge in [0, 0.05) is 29.2 Å². The highest BCUT2D eigenvalue weighted by Crippen LogP contribution is 2.14. The Bertz CT molecular complexity index is 546. The molecule has 0 fully saturated rings. The minimum atomic E-state index is 0.171. The van der Waals surface area contributed by atoms with Crippen LogP contribution in [-0.4, -0.2) is 5.78 Å². The first-order valence-electron chi connectivity index (χ1n) is 6.30. The van der Waals surface area contributed by atoms with E-state index < -0.39 is 0 Å². The summed E-state index contributed by atoms with van der Waals surface area (Å²) in [6, 6.07) is 15.3. The number of carbonyl (C=O) groups excluding carboxylic acids is 1. The molecular formula is C16H16ClNO. The average molecular weight is 274 g/mol. The maximum Gasteiger partial charge on any atom is 0.162 e. The Morgan fingerprint density at radius 3 is 2.26 bits per heavy atom. The number of halogens is 1. The Labute approximate surface area is 118 Å². The van der Waals surface area contributed by atoms with Crippen LogP contribution in [0.15, 0.2) is 48.5 Å². The van der Waals surface area contributed by atoms with Crippen LogP contribution >= 0.6 is 11.6 Å². The maximum absolute atomic E-state index is 11.5. The lowest BCUT2D eigenvalue weighted by molar-refractivity contribution is 0.0988. The Morgan fingerprint density at radius 1 is 1.05 bits per heavy atom. The second-order valence-corrected chi connectivity index (χ2v) is 4.77. The molecule has 19 heavy (non-hydrogen) atoms. The molecule has 3 heteroatoms. The standard InChI is InChI=1S/C16H16ClNO/c1-2-16(19)13-5-9-15(10-6-13)18-11-12-3-7-14(17)8-4-12/h3-10,18H,2,11H2,1H3. The topological polar surface area (TPSA) is 29.1 Å². The lowest BCUT2D eigenvalue weighted by Gasteiger charge is -2.07. The number of benzene rings is 2. The molecule has 2 aromatic carbocycles. The monoisotopic (exact) mass is 273 g/mol. The molecule has 2 rings (SSSR count). The largest absolute Gasteiger partial charge is 0.381 e. The molecule has 0 saturated carbocycles. The lowest BCUT2D eigenvalue weighted by Crippen LogP contribution is -2.00. The molecule has 0 aliphatic carbocycles. The third kappa shape index (κ3) is 3.83. The second-order valence-electron chi connectivity index (χ2n) is 4.33. The van der Waals surface area contributed by atoms with Crippen LogP contribution in [0.5, 0.6) is 0 Å². The zero-order valence-corrected chi connectivity index (χ0v) is 11.6. The van der Waals surface area contributed by atoms with Gasteiger partial charge in [-0.3, -0.25) is 4.79 Å². The van der Waals surface area contributed by atoms with Crippen molar-refractivity contribution in [3.05, 3.63) is 64.7 Å². The van der Waals surface area contributed by atoms with Crippen LogP contribution < -0.4 is 5.32 Å². The molecule has 0 aliphatic rings. The maximum atomic E-state index is 11.5. The van der Waals surface area contributed by atoms with E-state index in [-0.39, 0.29) is 5.78 Å². The van der Waals surface area contributed by atoms with Gasteiger partial charge in [0.1, 0.15) is 0 Å². The summed E-state index contributed by atoms with van der Waals surface area (Å²) in [7, 11) is 0. The highest BCUT2D eigenvalue weighted by atomic mass is 35.5. The molecule has 0 saturated heterocycles. The second kappa shape index (κ2) is 6.39. The average Bonchev–Trinajstić information content (AvgIpc) is 2.46. The highest BCUT2D eigenvalue weighted by Gasteiger charge is 2.02. The predicted octanol–water partition coefficient (Wildman–Crippen LogP) is 4.54. The van der Waals surface area contributed by atoms with Gasteiger partial charge in [-0.25, -0.2) is 0 Å².